The first-order valence-corrected chi connectivity index (χ1v) is 10.5. The fourth-order valence-electron chi connectivity index (χ4n) is 3.61. The van der Waals surface area contributed by atoms with Crippen LogP contribution in [-0.2, 0) is 20.7 Å². The highest BCUT2D eigenvalue weighted by Gasteiger charge is 2.15. The van der Waals surface area contributed by atoms with E-state index >= 15 is 0 Å². The number of carbonyl (C=O) groups excluding carboxylic acids is 3. The van der Waals surface area contributed by atoms with Crippen molar-refractivity contribution in [3.63, 3.8) is 0 Å². The molecule has 0 aliphatic rings. The first-order chi connectivity index (χ1) is 15.7. The Hall–Kier alpha value is -3.94. The minimum atomic E-state index is -0.427. The number of hydrogen-bond acceptors (Lipinski definition) is 6. The smallest absolute Gasteiger partial charge is 0.337 e. The maximum absolute atomic E-state index is 12.7. The van der Waals surface area contributed by atoms with E-state index in [9.17, 15) is 14.4 Å². The van der Waals surface area contributed by atoms with E-state index in [1.54, 1.807) is 35.0 Å². The fraction of sp³-hybridized carbons (Fsp3) is 0.280. The van der Waals surface area contributed by atoms with Crippen molar-refractivity contribution < 1.29 is 23.9 Å². The summed E-state index contributed by atoms with van der Waals surface area (Å²) in [5.41, 5.74) is 5.90. The molecule has 0 atom stereocenters. The lowest BCUT2D eigenvalue weighted by atomic mass is 10.1. The third-order valence-corrected chi connectivity index (χ3v) is 5.52. The monoisotopic (exact) mass is 449 g/mol. The number of methoxy groups -OCH3 is 2. The van der Waals surface area contributed by atoms with Gasteiger partial charge in [-0.05, 0) is 80.8 Å². The summed E-state index contributed by atoms with van der Waals surface area (Å²) in [5, 5.41) is 7.46. The summed E-state index contributed by atoms with van der Waals surface area (Å²) in [6.07, 6.45) is 0.849. The van der Waals surface area contributed by atoms with Crippen molar-refractivity contribution in [2.75, 3.05) is 19.5 Å². The van der Waals surface area contributed by atoms with Crippen molar-refractivity contribution in [1.82, 2.24) is 9.78 Å². The van der Waals surface area contributed by atoms with Gasteiger partial charge < -0.3 is 14.8 Å². The van der Waals surface area contributed by atoms with Crippen molar-refractivity contribution >= 4 is 23.5 Å². The van der Waals surface area contributed by atoms with E-state index in [0.29, 0.717) is 29.7 Å². The minimum absolute atomic E-state index is 0.257. The fourth-order valence-corrected chi connectivity index (χ4v) is 3.61. The van der Waals surface area contributed by atoms with Crippen molar-refractivity contribution in [2.24, 2.45) is 0 Å². The number of hydrogen-bond donors (Lipinski definition) is 1. The van der Waals surface area contributed by atoms with Crippen LogP contribution in [0.3, 0.4) is 0 Å². The lowest BCUT2D eigenvalue weighted by molar-refractivity contribution is -0.140. The molecule has 0 aliphatic carbocycles. The highest BCUT2D eigenvalue weighted by molar-refractivity contribution is 6.05. The van der Waals surface area contributed by atoms with Gasteiger partial charge in [0.1, 0.15) is 0 Å². The van der Waals surface area contributed by atoms with Gasteiger partial charge in [0.2, 0.25) is 0 Å². The van der Waals surface area contributed by atoms with Crippen molar-refractivity contribution in [3.05, 3.63) is 76.1 Å². The van der Waals surface area contributed by atoms with Crippen molar-refractivity contribution in [2.45, 2.75) is 33.6 Å². The number of carbonyl (C=O) groups is 3. The SMILES string of the molecule is COC(=O)CCc1c(C)nn(-c2ccc(C(=O)Nc3ccc(C(=O)OC)cc3C)cc2)c1C. The molecule has 1 N–H and O–H groups in total. The summed E-state index contributed by atoms with van der Waals surface area (Å²) < 4.78 is 11.3. The minimum Gasteiger partial charge on any atom is -0.469 e. The van der Waals surface area contributed by atoms with Gasteiger partial charge in [0, 0.05) is 23.4 Å². The molecule has 0 bridgehead atoms. The molecular formula is C25H27N3O5. The van der Waals surface area contributed by atoms with Crippen LogP contribution in [0.1, 0.15) is 49.7 Å². The molecule has 3 rings (SSSR count). The van der Waals surface area contributed by atoms with Gasteiger partial charge >= 0.3 is 11.9 Å². The maximum Gasteiger partial charge on any atom is 0.337 e. The topological polar surface area (TPSA) is 99.5 Å². The highest BCUT2D eigenvalue weighted by Crippen LogP contribution is 2.21. The Morgan fingerprint density at radius 1 is 0.939 bits per heavy atom. The molecule has 3 aromatic rings. The number of anilines is 1. The molecule has 2 aromatic carbocycles. The molecule has 0 saturated carbocycles. The summed E-state index contributed by atoms with van der Waals surface area (Å²) in [4.78, 5) is 35.9. The van der Waals surface area contributed by atoms with E-state index in [-0.39, 0.29) is 11.9 Å². The second kappa shape index (κ2) is 10.1. The molecule has 8 nitrogen and oxygen atoms in total. The number of nitrogens with zero attached hydrogens (tertiary/aromatic N) is 2. The van der Waals surface area contributed by atoms with Crippen LogP contribution in [0.4, 0.5) is 5.69 Å². The number of esters is 2. The zero-order valence-electron chi connectivity index (χ0n) is 19.4. The Balaban J connectivity index is 1.75. The number of amides is 1. The zero-order valence-corrected chi connectivity index (χ0v) is 19.4. The molecular weight excluding hydrogens is 422 g/mol. The Kier molecular flexibility index (Phi) is 7.27. The van der Waals surface area contributed by atoms with E-state index < -0.39 is 5.97 Å². The van der Waals surface area contributed by atoms with Crippen molar-refractivity contribution in [3.8, 4) is 5.69 Å². The Labute approximate surface area is 192 Å². The van der Waals surface area contributed by atoms with Crippen LogP contribution in [0.25, 0.3) is 5.69 Å². The van der Waals surface area contributed by atoms with Gasteiger partial charge in [0.05, 0.1) is 31.2 Å². The van der Waals surface area contributed by atoms with Crippen LogP contribution < -0.4 is 5.32 Å². The van der Waals surface area contributed by atoms with Gasteiger partial charge in [-0.25, -0.2) is 9.48 Å². The molecule has 0 unspecified atom stereocenters. The first-order valence-electron chi connectivity index (χ1n) is 10.5. The van der Waals surface area contributed by atoms with Gasteiger partial charge in [-0.2, -0.15) is 5.10 Å². The van der Waals surface area contributed by atoms with Crippen LogP contribution in [0.2, 0.25) is 0 Å². The molecule has 1 aromatic heterocycles. The average molecular weight is 450 g/mol. The summed E-state index contributed by atoms with van der Waals surface area (Å²) in [6.45, 7) is 5.67. The van der Waals surface area contributed by atoms with Crippen LogP contribution in [-0.4, -0.2) is 41.8 Å². The molecule has 0 radical (unpaired) electrons. The van der Waals surface area contributed by atoms with E-state index in [0.717, 1.165) is 28.2 Å². The second-order valence-corrected chi connectivity index (χ2v) is 7.66. The van der Waals surface area contributed by atoms with Crippen LogP contribution >= 0.6 is 0 Å². The summed E-state index contributed by atoms with van der Waals surface area (Å²) in [6, 6.07) is 12.1. The number of ether oxygens (including phenoxy) is 2. The van der Waals surface area contributed by atoms with E-state index in [4.69, 9.17) is 9.47 Å². The summed E-state index contributed by atoms with van der Waals surface area (Å²) >= 11 is 0. The van der Waals surface area contributed by atoms with Crippen LogP contribution in [0.15, 0.2) is 42.5 Å². The predicted molar refractivity (Wildman–Crippen MR) is 124 cm³/mol. The number of benzene rings is 2. The molecule has 8 heteroatoms. The van der Waals surface area contributed by atoms with Gasteiger partial charge in [-0.1, -0.05) is 0 Å². The van der Waals surface area contributed by atoms with E-state index in [1.165, 1.54) is 14.2 Å². The van der Waals surface area contributed by atoms with Crippen LogP contribution in [0, 0.1) is 20.8 Å². The average Bonchev–Trinajstić information content (AvgIpc) is 3.11. The van der Waals surface area contributed by atoms with E-state index in [1.807, 2.05) is 32.9 Å². The Morgan fingerprint density at radius 2 is 1.61 bits per heavy atom. The normalized spacial score (nSPS) is 10.6. The molecule has 0 spiro atoms. The van der Waals surface area contributed by atoms with Gasteiger partial charge in [0.25, 0.3) is 5.91 Å². The lowest BCUT2D eigenvalue weighted by Crippen LogP contribution is -2.13. The molecule has 0 fully saturated rings. The lowest BCUT2D eigenvalue weighted by Gasteiger charge is -2.11. The largest absolute Gasteiger partial charge is 0.469 e. The number of aryl methyl sites for hydroxylation is 2. The Morgan fingerprint density at radius 3 is 2.21 bits per heavy atom. The van der Waals surface area contributed by atoms with Gasteiger partial charge in [-0.3, -0.25) is 9.59 Å². The third-order valence-electron chi connectivity index (χ3n) is 5.52. The maximum atomic E-state index is 12.7. The third kappa shape index (κ3) is 5.28. The molecule has 1 amide bonds. The van der Waals surface area contributed by atoms with E-state index in [2.05, 4.69) is 10.4 Å². The molecule has 1 heterocycles. The predicted octanol–water partition coefficient (Wildman–Crippen LogP) is 3.94. The van der Waals surface area contributed by atoms with Gasteiger partial charge in [-0.15, -0.1) is 0 Å². The quantitative estimate of drug-likeness (QED) is 0.549. The molecule has 0 aliphatic heterocycles. The number of aromatic nitrogens is 2. The zero-order chi connectivity index (χ0) is 24.1. The number of nitrogens with one attached hydrogen (secondary N) is 1. The summed E-state index contributed by atoms with van der Waals surface area (Å²) in [7, 11) is 2.70. The molecule has 33 heavy (non-hydrogen) atoms. The van der Waals surface area contributed by atoms with Crippen LogP contribution in [0.5, 0.6) is 0 Å². The summed E-state index contributed by atoms with van der Waals surface area (Å²) in [5.74, 6) is -0.945. The highest BCUT2D eigenvalue weighted by atomic mass is 16.5. The van der Waals surface area contributed by atoms with Gasteiger partial charge in [0.15, 0.2) is 0 Å². The second-order valence-electron chi connectivity index (χ2n) is 7.66. The Bertz CT molecular complexity index is 1200. The molecule has 172 valence electrons. The molecule has 0 saturated heterocycles. The standard InChI is InChI=1S/C25H27N3O5/c1-15-14-19(25(31)33-5)8-12-22(15)26-24(30)18-6-9-20(10-7-18)28-17(3)21(16(2)27-28)11-13-23(29)32-4/h6-10,12,14H,11,13H2,1-5H3,(H,26,30). The first kappa shape index (κ1) is 23.7. The number of rotatable bonds is 7. The van der Waals surface area contributed by atoms with Crippen molar-refractivity contribution in [1.29, 1.82) is 0 Å².